The van der Waals surface area contributed by atoms with Gasteiger partial charge in [0.1, 0.15) is 34.3 Å². The van der Waals surface area contributed by atoms with Crippen LogP contribution >= 0.6 is 15.8 Å². The molecule has 4 aromatic rings. The van der Waals surface area contributed by atoms with Crippen LogP contribution in [-0.4, -0.2) is 76.6 Å². The minimum absolute atomic E-state index is 0.0433. The Hall–Kier alpha value is -3.99. The molecule has 1 heterocycles. The summed E-state index contributed by atoms with van der Waals surface area (Å²) in [5, 5.41) is 4.27. The topological polar surface area (TPSA) is 75.7 Å². The van der Waals surface area contributed by atoms with Crippen molar-refractivity contribution in [3.8, 4) is 28.7 Å². The molecule has 1 aliphatic rings. The Morgan fingerprint density at radius 1 is 0.633 bits per heavy atom. The molecule has 5 rings (SSSR count). The molecule has 0 N–H and O–H groups in total. The van der Waals surface area contributed by atoms with Crippen LogP contribution in [0.4, 0.5) is 4.79 Å². The maximum Gasteiger partial charge on any atom is 0.410 e. The highest BCUT2D eigenvalue weighted by Gasteiger charge is 2.48. The van der Waals surface area contributed by atoms with Gasteiger partial charge in [-0.3, -0.25) is 0 Å². The van der Waals surface area contributed by atoms with Gasteiger partial charge < -0.3 is 33.3 Å². The first kappa shape index (κ1) is 36.3. The smallest absolute Gasteiger partial charge is 0.410 e. The normalized spacial score (nSPS) is 17.2. The van der Waals surface area contributed by atoms with E-state index in [2.05, 4.69) is 60.7 Å². The number of amides is 1. The van der Waals surface area contributed by atoms with Crippen LogP contribution in [-0.2, 0) is 4.74 Å². The number of likely N-dealkylation sites (tertiary alicyclic amines) is 1. The Morgan fingerprint density at radius 3 is 1.37 bits per heavy atom. The first-order chi connectivity index (χ1) is 23.5. The summed E-state index contributed by atoms with van der Waals surface area (Å²) < 4.78 is 36.1. The van der Waals surface area contributed by atoms with E-state index < -0.39 is 21.4 Å². The van der Waals surface area contributed by atoms with E-state index in [1.54, 1.807) is 35.5 Å². The van der Waals surface area contributed by atoms with Crippen LogP contribution in [0.2, 0.25) is 0 Å². The van der Waals surface area contributed by atoms with Gasteiger partial charge in [0.05, 0.1) is 46.2 Å². The molecule has 1 saturated heterocycles. The van der Waals surface area contributed by atoms with Gasteiger partial charge >= 0.3 is 6.09 Å². The summed E-state index contributed by atoms with van der Waals surface area (Å²) in [6.07, 6.45) is -0.331. The average molecular weight is 704 g/mol. The van der Waals surface area contributed by atoms with Gasteiger partial charge in [-0.2, -0.15) is 0 Å². The number of rotatable bonds is 11. The Bertz CT molecular complexity index is 1680. The van der Waals surface area contributed by atoms with E-state index >= 15 is 0 Å². The van der Waals surface area contributed by atoms with Crippen LogP contribution in [0.3, 0.4) is 0 Å². The third kappa shape index (κ3) is 7.92. The lowest BCUT2D eigenvalue weighted by Crippen LogP contribution is -2.36. The highest BCUT2D eigenvalue weighted by atomic mass is 31.1. The van der Waals surface area contributed by atoms with Crippen molar-refractivity contribution in [2.75, 3.05) is 48.6 Å². The monoisotopic (exact) mass is 703 g/mol. The van der Waals surface area contributed by atoms with Crippen molar-refractivity contribution in [2.45, 2.75) is 44.6 Å². The molecule has 10 heteroatoms. The fourth-order valence-corrected chi connectivity index (χ4v) is 13.3. The molecular formula is C39H47NO7P2. The van der Waals surface area contributed by atoms with E-state index in [4.69, 9.17) is 28.4 Å². The zero-order valence-corrected chi connectivity index (χ0v) is 31.6. The van der Waals surface area contributed by atoms with E-state index in [0.29, 0.717) is 30.3 Å². The lowest BCUT2D eigenvalue weighted by atomic mass is 10.2. The number of ether oxygens (including phenoxy) is 6. The van der Waals surface area contributed by atoms with E-state index in [0.717, 1.165) is 38.3 Å². The largest absolute Gasteiger partial charge is 0.496 e. The predicted molar refractivity (Wildman–Crippen MR) is 201 cm³/mol. The second-order valence-corrected chi connectivity index (χ2v) is 17.6. The second kappa shape index (κ2) is 15.7. The quantitative estimate of drug-likeness (QED) is 0.163. The summed E-state index contributed by atoms with van der Waals surface area (Å²) in [7, 11) is 6.00. The minimum Gasteiger partial charge on any atom is -0.496 e. The van der Waals surface area contributed by atoms with Gasteiger partial charge in [-0.05, 0) is 71.8 Å². The minimum atomic E-state index is -1.21. The summed E-state index contributed by atoms with van der Waals surface area (Å²) in [6, 6.07) is 29.0. The zero-order chi connectivity index (χ0) is 35.3. The molecule has 4 atom stereocenters. The van der Waals surface area contributed by atoms with E-state index in [1.165, 1.54) is 0 Å². The number of hydrogen-bond donors (Lipinski definition) is 0. The van der Waals surface area contributed by atoms with Gasteiger partial charge in [-0.25, -0.2) is 4.79 Å². The first-order valence-corrected chi connectivity index (χ1v) is 19.0. The molecule has 1 fully saturated rings. The van der Waals surface area contributed by atoms with E-state index in [9.17, 15) is 4.79 Å². The summed E-state index contributed by atoms with van der Waals surface area (Å²) >= 11 is 0. The van der Waals surface area contributed by atoms with Crippen molar-refractivity contribution in [3.63, 3.8) is 0 Å². The van der Waals surface area contributed by atoms with Crippen LogP contribution < -0.4 is 44.9 Å². The van der Waals surface area contributed by atoms with Gasteiger partial charge in [0.2, 0.25) is 0 Å². The van der Waals surface area contributed by atoms with E-state index in [1.807, 2.05) is 56.9 Å². The molecule has 0 aromatic heterocycles. The number of hydrogen-bond acceptors (Lipinski definition) is 7. The van der Waals surface area contributed by atoms with Crippen molar-refractivity contribution in [2.24, 2.45) is 0 Å². The van der Waals surface area contributed by atoms with Crippen LogP contribution in [0, 0.1) is 6.92 Å². The number of aryl methyl sites for hydroxylation is 1. The number of carbonyl (C=O) groups excluding carboxylic acids is 1. The first-order valence-electron chi connectivity index (χ1n) is 16.2. The Labute approximate surface area is 293 Å². The van der Waals surface area contributed by atoms with Crippen LogP contribution in [0.25, 0.3) is 0 Å². The molecular weight excluding hydrogens is 656 g/mol. The molecule has 0 saturated carbocycles. The van der Waals surface area contributed by atoms with Crippen LogP contribution in [0.1, 0.15) is 26.3 Å². The fraction of sp³-hybridized carbons (Fsp3) is 0.359. The maximum atomic E-state index is 14.0. The third-order valence-corrected chi connectivity index (χ3v) is 14.6. The molecule has 0 radical (unpaired) electrons. The maximum absolute atomic E-state index is 14.0. The van der Waals surface area contributed by atoms with Gasteiger partial charge in [-0.1, -0.05) is 60.7 Å². The van der Waals surface area contributed by atoms with Gasteiger partial charge in [0, 0.05) is 36.5 Å². The van der Waals surface area contributed by atoms with Gasteiger partial charge in [0.25, 0.3) is 0 Å². The Kier molecular flexibility index (Phi) is 11.6. The molecule has 1 amide bonds. The molecule has 49 heavy (non-hydrogen) atoms. The molecule has 260 valence electrons. The Balaban J connectivity index is 1.82. The van der Waals surface area contributed by atoms with Crippen molar-refractivity contribution in [1.29, 1.82) is 0 Å². The molecule has 8 nitrogen and oxygen atoms in total. The Morgan fingerprint density at radius 2 is 1.02 bits per heavy atom. The lowest BCUT2D eigenvalue weighted by Gasteiger charge is -2.36. The average Bonchev–Trinajstić information content (AvgIpc) is 3.53. The van der Waals surface area contributed by atoms with Crippen molar-refractivity contribution in [3.05, 3.63) is 90.5 Å². The van der Waals surface area contributed by atoms with Crippen molar-refractivity contribution in [1.82, 2.24) is 4.90 Å². The van der Waals surface area contributed by atoms with Crippen LogP contribution in [0.5, 0.6) is 28.7 Å². The summed E-state index contributed by atoms with van der Waals surface area (Å²) in [5.74, 6) is 3.53. The molecule has 4 aromatic carbocycles. The highest BCUT2D eigenvalue weighted by Crippen LogP contribution is 2.58. The van der Waals surface area contributed by atoms with Crippen molar-refractivity contribution < 1.29 is 33.2 Å². The SMILES string of the molecule is COc1cc(OC)c(P(c2ccccc2)[C@@H]2CN(C(=O)OC(C)(C)C)C[C@H]2P(c2ccccc2)c2c(OC)cc(C)cc2OC)c(OC)c1. The van der Waals surface area contributed by atoms with Crippen LogP contribution in [0.15, 0.2) is 84.9 Å². The van der Waals surface area contributed by atoms with Gasteiger partial charge in [-0.15, -0.1) is 0 Å². The van der Waals surface area contributed by atoms with Crippen molar-refractivity contribution >= 4 is 43.2 Å². The van der Waals surface area contributed by atoms with E-state index in [-0.39, 0.29) is 17.4 Å². The lowest BCUT2D eigenvalue weighted by molar-refractivity contribution is 0.0296. The third-order valence-electron chi connectivity index (χ3n) is 8.44. The summed E-state index contributed by atoms with van der Waals surface area (Å²) in [6.45, 7) is 8.70. The number of methoxy groups -OCH3 is 5. The summed E-state index contributed by atoms with van der Waals surface area (Å²) in [4.78, 5) is 15.8. The molecule has 0 aliphatic carbocycles. The molecule has 0 spiro atoms. The molecule has 2 unspecified atom stereocenters. The highest BCUT2D eigenvalue weighted by molar-refractivity contribution is 7.78. The molecule has 1 aliphatic heterocycles. The predicted octanol–water partition coefficient (Wildman–Crippen LogP) is 6.59. The summed E-state index contributed by atoms with van der Waals surface area (Å²) in [5.41, 5.74) is 0.296. The fourth-order valence-electron chi connectivity index (χ4n) is 6.39. The molecule has 0 bridgehead atoms. The standard InChI is InChI=1S/C39H47NO7P2/c1-26-20-30(43-6)36(31(21-26)44-7)48(28-16-12-10-13-17-28)34-24-40(38(41)47-39(2,3)4)25-35(34)49(29-18-14-11-15-19-29)37-32(45-8)22-27(42-5)23-33(37)46-9/h10-23,34-35H,24-25H2,1-9H3/t34-,35-,48?,49?/m1/s1. The zero-order valence-electron chi connectivity index (χ0n) is 29.9. The number of nitrogens with zero attached hydrogens (tertiary/aromatic N) is 1. The second-order valence-electron chi connectivity index (χ2n) is 12.8. The number of benzene rings is 4. The van der Waals surface area contributed by atoms with Gasteiger partial charge in [0.15, 0.2) is 0 Å². The number of carbonyl (C=O) groups is 1.